The molecule has 3 atom stereocenters. The molecule has 4 nitrogen and oxygen atoms in total. The molecule has 0 radical (unpaired) electrons. The van der Waals surface area contributed by atoms with E-state index in [1.165, 1.54) is 12.8 Å². The van der Waals surface area contributed by atoms with Gasteiger partial charge in [-0.3, -0.25) is 4.79 Å². The normalized spacial score (nSPS) is 26.5. The van der Waals surface area contributed by atoms with Crippen LogP contribution < -0.4 is 10.6 Å². The van der Waals surface area contributed by atoms with Gasteiger partial charge in [0.15, 0.2) is 0 Å². The van der Waals surface area contributed by atoms with E-state index in [9.17, 15) is 9.90 Å². The van der Waals surface area contributed by atoms with Crippen molar-refractivity contribution in [1.82, 2.24) is 10.6 Å². The van der Waals surface area contributed by atoms with Crippen LogP contribution in [0.4, 0.5) is 0 Å². The average Bonchev–Trinajstić information content (AvgIpc) is 2.36. The Morgan fingerprint density at radius 1 is 1.41 bits per heavy atom. The van der Waals surface area contributed by atoms with E-state index in [4.69, 9.17) is 0 Å². The predicted molar refractivity (Wildman–Crippen MR) is 68.7 cm³/mol. The molecule has 1 amide bonds. The van der Waals surface area contributed by atoms with Gasteiger partial charge in [0.2, 0.25) is 5.91 Å². The van der Waals surface area contributed by atoms with Crippen molar-refractivity contribution in [3.63, 3.8) is 0 Å². The van der Waals surface area contributed by atoms with Crippen LogP contribution in [0, 0.1) is 5.92 Å². The summed E-state index contributed by atoms with van der Waals surface area (Å²) in [4.78, 5) is 11.6. The fraction of sp³-hybridized carbons (Fsp3) is 0.923. The highest BCUT2D eigenvalue weighted by Gasteiger charge is 2.24. The van der Waals surface area contributed by atoms with E-state index in [0.717, 1.165) is 19.3 Å². The lowest BCUT2D eigenvalue weighted by molar-refractivity contribution is -0.121. The van der Waals surface area contributed by atoms with Gasteiger partial charge in [0, 0.05) is 18.7 Å². The Hall–Kier alpha value is -0.610. The van der Waals surface area contributed by atoms with Crippen LogP contribution in [0.5, 0.6) is 0 Å². The van der Waals surface area contributed by atoms with Crippen molar-refractivity contribution in [2.24, 2.45) is 5.92 Å². The van der Waals surface area contributed by atoms with Gasteiger partial charge in [0.05, 0.1) is 6.54 Å². The van der Waals surface area contributed by atoms with Gasteiger partial charge in [0.25, 0.3) is 0 Å². The van der Waals surface area contributed by atoms with Crippen LogP contribution in [0.1, 0.15) is 46.0 Å². The molecule has 0 bridgehead atoms. The maximum atomic E-state index is 11.6. The number of carbonyl (C=O) groups excluding carboxylic acids is 1. The monoisotopic (exact) mass is 242 g/mol. The third-order valence-electron chi connectivity index (χ3n) is 3.69. The maximum absolute atomic E-state index is 11.6. The van der Waals surface area contributed by atoms with Crippen LogP contribution in [0.15, 0.2) is 0 Å². The highest BCUT2D eigenvalue weighted by Crippen LogP contribution is 2.23. The molecule has 1 aliphatic rings. The topological polar surface area (TPSA) is 61.4 Å². The molecule has 0 heterocycles. The highest BCUT2D eigenvalue weighted by atomic mass is 16.3. The van der Waals surface area contributed by atoms with Crippen LogP contribution in [0.3, 0.4) is 0 Å². The molecule has 17 heavy (non-hydrogen) atoms. The molecule has 0 spiro atoms. The number of aliphatic hydroxyl groups excluding tert-OH is 1. The quantitative estimate of drug-likeness (QED) is 0.652. The van der Waals surface area contributed by atoms with Gasteiger partial charge >= 0.3 is 0 Å². The predicted octanol–water partition coefficient (Wildman–Crippen LogP) is 1.04. The summed E-state index contributed by atoms with van der Waals surface area (Å²) in [5.41, 5.74) is 0. The van der Waals surface area contributed by atoms with Crippen molar-refractivity contribution in [3.05, 3.63) is 0 Å². The smallest absolute Gasteiger partial charge is 0.234 e. The van der Waals surface area contributed by atoms with Gasteiger partial charge in [-0.25, -0.2) is 0 Å². The van der Waals surface area contributed by atoms with Crippen LogP contribution in [0.2, 0.25) is 0 Å². The zero-order valence-corrected chi connectivity index (χ0v) is 11.0. The van der Waals surface area contributed by atoms with Gasteiger partial charge in [0.1, 0.15) is 0 Å². The molecule has 1 saturated carbocycles. The van der Waals surface area contributed by atoms with E-state index >= 15 is 0 Å². The van der Waals surface area contributed by atoms with Crippen molar-refractivity contribution in [1.29, 1.82) is 0 Å². The number of carbonyl (C=O) groups is 1. The third-order valence-corrected chi connectivity index (χ3v) is 3.69. The van der Waals surface area contributed by atoms with Crippen LogP contribution in [-0.4, -0.2) is 36.2 Å². The first kappa shape index (κ1) is 14.5. The number of amides is 1. The lowest BCUT2D eigenvalue weighted by atomic mass is 9.85. The second kappa shape index (κ2) is 7.67. The number of rotatable bonds is 6. The molecular weight excluding hydrogens is 216 g/mol. The summed E-state index contributed by atoms with van der Waals surface area (Å²) in [7, 11) is 0. The molecule has 1 rings (SSSR count). The van der Waals surface area contributed by atoms with E-state index in [1.54, 1.807) is 0 Å². The summed E-state index contributed by atoms with van der Waals surface area (Å²) in [6.45, 7) is 4.66. The number of hydrogen-bond donors (Lipinski definition) is 3. The molecule has 3 unspecified atom stereocenters. The zero-order chi connectivity index (χ0) is 12.7. The van der Waals surface area contributed by atoms with Crippen molar-refractivity contribution in [2.75, 3.05) is 13.2 Å². The van der Waals surface area contributed by atoms with E-state index in [1.807, 2.05) is 6.92 Å². The Morgan fingerprint density at radius 2 is 2.12 bits per heavy atom. The number of hydrogen-bond acceptors (Lipinski definition) is 3. The molecule has 0 saturated heterocycles. The molecule has 0 aromatic heterocycles. The van der Waals surface area contributed by atoms with Gasteiger partial charge in [-0.05, 0) is 32.1 Å². The second-order valence-electron chi connectivity index (χ2n) is 5.09. The SMILES string of the molecule is CCC(C)NC(=O)CNC1CCCCC1CO. The van der Waals surface area contributed by atoms with Crippen molar-refractivity contribution in [3.8, 4) is 0 Å². The molecule has 100 valence electrons. The highest BCUT2D eigenvalue weighted by molar-refractivity contribution is 5.78. The zero-order valence-electron chi connectivity index (χ0n) is 11.0. The second-order valence-corrected chi connectivity index (χ2v) is 5.09. The minimum atomic E-state index is 0.0570. The summed E-state index contributed by atoms with van der Waals surface area (Å²) in [6, 6.07) is 0.542. The third kappa shape index (κ3) is 5.04. The minimum absolute atomic E-state index is 0.0570. The van der Waals surface area contributed by atoms with Gasteiger partial charge in [-0.1, -0.05) is 19.8 Å². The van der Waals surface area contributed by atoms with Gasteiger partial charge < -0.3 is 15.7 Å². The van der Waals surface area contributed by atoms with Crippen molar-refractivity contribution >= 4 is 5.91 Å². The fourth-order valence-electron chi connectivity index (χ4n) is 2.35. The first-order valence-electron chi connectivity index (χ1n) is 6.81. The number of aliphatic hydroxyl groups is 1. The maximum Gasteiger partial charge on any atom is 0.234 e. The van der Waals surface area contributed by atoms with Crippen molar-refractivity contribution < 1.29 is 9.90 Å². The Morgan fingerprint density at radius 3 is 2.76 bits per heavy atom. The molecule has 0 aliphatic heterocycles. The van der Waals surface area contributed by atoms with E-state index in [0.29, 0.717) is 18.5 Å². The molecule has 0 aromatic carbocycles. The Labute approximate surface area is 104 Å². The van der Waals surface area contributed by atoms with Crippen molar-refractivity contribution in [2.45, 2.75) is 58.0 Å². The molecule has 1 fully saturated rings. The Kier molecular flexibility index (Phi) is 6.52. The standard InChI is InChI=1S/C13H26N2O2/c1-3-10(2)15-13(17)8-14-12-7-5-4-6-11(12)9-16/h10-12,14,16H,3-9H2,1-2H3,(H,15,17). The van der Waals surface area contributed by atoms with Gasteiger partial charge in [-0.15, -0.1) is 0 Å². The first-order valence-corrected chi connectivity index (χ1v) is 6.81. The Balaban J connectivity index is 2.26. The minimum Gasteiger partial charge on any atom is -0.396 e. The number of nitrogens with one attached hydrogen (secondary N) is 2. The van der Waals surface area contributed by atoms with Crippen LogP contribution in [-0.2, 0) is 4.79 Å². The Bertz CT molecular complexity index is 233. The summed E-state index contributed by atoms with van der Waals surface area (Å²) in [5.74, 6) is 0.377. The van der Waals surface area contributed by atoms with E-state index in [2.05, 4.69) is 17.6 Å². The van der Waals surface area contributed by atoms with Crippen LogP contribution >= 0.6 is 0 Å². The molecule has 0 aromatic rings. The van der Waals surface area contributed by atoms with E-state index in [-0.39, 0.29) is 18.6 Å². The molecule has 3 N–H and O–H groups in total. The molecule has 1 aliphatic carbocycles. The summed E-state index contributed by atoms with van der Waals surface area (Å²) < 4.78 is 0. The van der Waals surface area contributed by atoms with Gasteiger partial charge in [-0.2, -0.15) is 0 Å². The molecular formula is C13H26N2O2. The summed E-state index contributed by atoms with van der Waals surface area (Å²) >= 11 is 0. The average molecular weight is 242 g/mol. The summed E-state index contributed by atoms with van der Waals surface area (Å²) in [5, 5.41) is 15.5. The molecule has 4 heteroatoms. The first-order chi connectivity index (χ1) is 8.17. The summed E-state index contributed by atoms with van der Waals surface area (Å²) in [6.07, 6.45) is 5.49. The largest absolute Gasteiger partial charge is 0.396 e. The fourth-order valence-corrected chi connectivity index (χ4v) is 2.35. The van der Waals surface area contributed by atoms with E-state index < -0.39 is 0 Å². The lowest BCUT2D eigenvalue weighted by Crippen LogP contribution is -2.46. The lowest BCUT2D eigenvalue weighted by Gasteiger charge is -2.31. The van der Waals surface area contributed by atoms with Crippen LogP contribution in [0.25, 0.3) is 0 Å².